The Morgan fingerprint density at radius 1 is 0.872 bits per heavy atom. The topological polar surface area (TPSA) is 105 Å². The normalized spacial score (nSPS) is 11.9. The summed E-state index contributed by atoms with van der Waals surface area (Å²) in [5, 5.41) is 2.88. The number of carbonyl (C=O) groups excluding carboxylic acids is 2. The van der Waals surface area contributed by atoms with Gasteiger partial charge >= 0.3 is 0 Å². The monoisotopic (exact) mass is 661 g/mol. The molecule has 248 valence electrons. The van der Waals surface area contributed by atoms with E-state index in [0.717, 1.165) is 15.4 Å². The van der Waals surface area contributed by atoms with Gasteiger partial charge in [-0.15, -0.1) is 0 Å². The first-order valence-corrected chi connectivity index (χ1v) is 16.6. The van der Waals surface area contributed by atoms with Crippen molar-refractivity contribution in [3.05, 3.63) is 120 Å². The standard InChI is InChI=1S/C36H40FN3O6S/c1-25(2)38-36(42)33(21-27-11-7-6-8-12-27)39(23-28-13-9-10-14-31(28)37)35(41)24-40(32-22-29(45-4)17-20-34(32)46-5)47(43,44)30-18-15-26(3)16-19-30/h6-20,22,25,33H,21,23-24H2,1-5H3,(H,38,42). The molecule has 0 radical (unpaired) electrons. The van der Waals surface area contributed by atoms with Crippen LogP contribution in [0.2, 0.25) is 0 Å². The van der Waals surface area contributed by atoms with Crippen molar-refractivity contribution in [1.82, 2.24) is 10.2 Å². The van der Waals surface area contributed by atoms with Gasteiger partial charge in [0.15, 0.2) is 0 Å². The van der Waals surface area contributed by atoms with Gasteiger partial charge in [0.2, 0.25) is 11.8 Å². The maximum Gasteiger partial charge on any atom is 0.264 e. The highest BCUT2D eigenvalue weighted by atomic mass is 32.2. The molecule has 0 aliphatic rings. The Kier molecular flexibility index (Phi) is 11.6. The molecule has 2 amide bonds. The Morgan fingerprint density at radius 2 is 1.53 bits per heavy atom. The SMILES string of the molecule is COc1ccc(OC)c(N(CC(=O)N(Cc2ccccc2F)C(Cc2ccccc2)C(=O)NC(C)C)S(=O)(=O)c2ccc(C)cc2)c1. The maximum absolute atomic E-state index is 15.1. The van der Waals surface area contributed by atoms with Crippen molar-refractivity contribution in [2.75, 3.05) is 25.1 Å². The highest BCUT2D eigenvalue weighted by molar-refractivity contribution is 7.92. The van der Waals surface area contributed by atoms with E-state index < -0.39 is 40.2 Å². The average Bonchev–Trinajstić information content (AvgIpc) is 3.05. The first-order chi connectivity index (χ1) is 22.4. The fraction of sp³-hybridized carbons (Fsp3) is 0.278. The summed E-state index contributed by atoms with van der Waals surface area (Å²) < 4.78 is 55.6. The van der Waals surface area contributed by atoms with Gasteiger partial charge < -0.3 is 19.7 Å². The zero-order valence-corrected chi connectivity index (χ0v) is 28.0. The van der Waals surface area contributed by atoms with E-state index in [2.05, 4.69) is 5.32 Å². The van der Waals surface area contributed by atoms with Crippen molar-refractivity contribution < 1.29 is 31.9 Å². The summed E-state index contributed by atoms with van der Waals surface area (Å²) in [7, 11) is -1.56. The van der Waals surface area contributed by atoms with Crippen LogP contribution in [-0.2, 0) is 32.6 Å². The number of nitrogens with zero attached hydrogens (tertiary/aromatic N) is 2. The number of sulfonamides is 1. The molecular formula is C36H40FN3O6S. The van der Waals surface area contributed by atoms with Crippen LogP contribution in [0.3, 0.4) is 0 Å². The molecule has 11 heteroatoms. The van der Waals surface area contributed by atoms with Crippen LogP contribution in [0.1, 0.15) is 30.5 Å². The van der Waals surface area contributed by atoms with Crippen LogP contribution in [0.5, 0.6) is 11.5 Å². The number of hydrogen-bond acceptors (Lipinski definition) is 6. The molecule has 0 heterocycles. The van der Waals surface area contributed by atoms with Crippen LogP contribution in [-0.4, -0.2) is 58.0 Å². The molecule has 0 aliphatic heterocycles. The number of hydrogen-bond donors (Lipinski definition) is 1. The van der Waals surface area contributed by atoms with Crippen LogP contribution in [0.15, 0.2) is 102 Å². The van der Waals surface area contributed by atoms with Gasteiger partial charge in [-0.1, -0.05) is 66.2 Å². The van der Waals surface area contributed by atoms with Crippen molar-refractivity contribution >= 4 is 27.5 Å². The largest absolute Gasteiger partial charge is 0.497 e. The summed E-state index contributed by atoms with van der Waals surface area (Å²) >= 11 is 0. The van der Waals surface area contributed by atoms with Crippen LogP contribution < -0.4 is 19.1 Å². The first-order valence-electron chi connectivity index (χ1n) is 15.1. The minimum absolute atomic E-state index is 0.0536. The second-order valence-corrected chi connectivity index (χ2v) is 13.2. The van der Waals surface area contributed by atoms with Gasteiger partial charge in [-0.3, -0.25) is 13.9 Å². The second-order valence-electron chi connectivity index (χ2n) is 11.3. The lowest BCUT2D eigenvalue weighted by molar-refractivity contribution is -0.140. The Bertz CT molecular complexity index is 1780. The molecule has 0 aliphatic carbocycles. The van der Waals surface area contributed by atoms with Gasteiger partial charge in [-0.2, -0.15) is 0 Å². The molecule has 0 spiro atoms. The quantitative estimate of drug-likeness (QED) is 0.191. The molecule has 4 aromatic rings. The predicted octanol–water partition coefficient (Wildman–Crippen LogP) is 5.51. The fourth-order valence-electron chi connectivity index (χ4n) is 5.09. The number of anilines is 1. The highest BCUT2D eigenvalue weighted by Crippen LogP contribution is 2.36. The van der Waals surface area contributed by atoms with Crippen molar-refractivity contribution in [3.63, 3.8) is 0 Å². The van der Waals surface area contributed by atoms with E-state index in [1.807, 2.05) is 37.3 Å². The minimum atomic E-state index is -4.39. The maximum atomic E-state index is 15.1. The van der Waals surface area contributed by atoms with E-state index in [1.165, 1.54) is 55.5 Å². The lowest BCUT2D eigenvalue weighted by Crippen LogP contribution is -2.54. The lowest BCUT2D eigenvalue weighted by Gasteiger charge is -2.34. The number of aryl methyl sites for hydroxylation is 1. The van der Waals surface area contributed by atoms with E-state index in [4.69, 9.17) is 9.47 Å². The van der Waals surface area contributed by atoms with Crippen LogP contribution in [0.25, 0.3) is 0 Å². The van der Waals surface area contributed by atoms with Crippen molar-refractivity contribution in [3.8, 4) is 11.5 Å². The number of benzene rings is 4. The Labute approximate surface area is 276 Å². The van der Waals surface area contributed by atoms with Gasteiger partial charge in [0, 0.05) is 30.6 Å². The summed E-state index contributed by atoms with van der Waals surface area (Å²) in [6.45, 7) is 4.41. The highest BCUT2D eigenvalue weighted by Gasteiger charge is 2.36. The number of rotatable bonds is 14. The Morgan fingerprint density at radius 3 is 2.15 bits per heavy atom. The molecule has 1 atom stereocenters. The molecule has 0 saturated carbocycles. The Balaban J connectivity index is 1.88. The lowest BCUT2D eigenvalue weighted by atomic mass is 10.0. The van der Waals surface area contributed by atoms with Crippen molar-refractivity contribution in [2.45, 2.75) is 50.7 Å². The van der Waals surface area contributed by atoms with Crippen LogP contribution in [0, 0.1) is 12.7 Å². The molecule has 0 saturated heterocycles. The second kappa shape index (κ2) is 15.6. The number of carbonyl (C=O) groups is 2. The molecule has 9 nitrogen and oxygen atoms in total. The minimum Gasteiger partial charge on any atom is -0.497 e. The number of ether oxygens (including phenoxy) is 2. The number of nitrogens with one attached hydrogen (secondary N) is 1. The molecule has 1 unspecified atom stereocenters. The third kappa shape index (κ3) is 8.68. The number of halogens is 1. The summed E-state index contributed by atoms with van der Waals surface area (Å²) in [4.78, 5) is 29.6. The summed E-state index contributed by atoms with van der Waals surface area (Å²) in [5.74, 6) is -1.24. The third-order valence-corrected chi connectivity index (χ3v) is 9.32. The van der Waals surface area contributed by atoms with Crippen LogP contribution in [0.4, 0.5) is 10.1 Å². The van der Waals surface area contributed by atoms with E-state index in [-0.39, 0.29) is 40.9 Å². The molecule has 0 bridgehead atoms. The first kappa shape index (κ1) is 35.0. The third-order valence-electron chi connectivity index (χ3n) is 7.54. The van der Waals surface area contributed by atoms with Gasteiger partial charge in [-0.05, 0) is 56.7 Å². The molecule has 0 aromatic heterocycles. The van der Waals surface area contributed by atoms with E-state index in [0.29, 0.717) is 5.75 Å². The average molecular weight is 662 g/mol. The predicted molar refractivity (Wildman–Crippen MR) is 179 cm³/mol. The summed E-state index contributed by atoms with van der Waals surface area (Å²) in [6, 6.07) is 24.6. The van der Waals surface area contributed by atoms with Gasteiger partial charge in [0.25, 0.3) is 10.0 Å². The fourth-order valence-corrected chi connectivity index (χ4v) is 6.50. The molecule has 4 aromatic carbocycles. The van der Waals surface area contributed by atoms with Crippen molar-refractivity contribution in [1.29, 1.82) is 0 Å². The van der Waals surface area contributed by atoms with Crippen LogP contribution >= 0.6 is 0 Å². The van der Waals surface area contributed by atoms with Gasteiger partial charge in [0.05, 0.1) is 24.8 Å². The smallest absolute Gasteiger partial charge is 0.264 e. The van der Waals surface area contributed by atoms with E-state index >= 15 is 4.39 Å². The number of amides is 2. The Hall–Kier alpha value is -4.90. The van der Waals surface area contributed by atoms with Gasteiger partial charge in [-0.25, -0.2) is 12.8 Å². The summed E-state index contributed by atoms with van der Waals surface area (Å²) in [5.41, 5.74) is 1.84. The molecule has 1 N–H and O–H groups in total. The molecular weight excluding hydrogens is 621 g/mol. The van der Waals surface area contributed by atoms with Gasteiger partial charge in [0.1, 0.15) is 29.9 Å². The zero-order chi connectivity index (χ0) is 34.1. The molecule has 4 rings (SSSR count). The number of methoxy groups -OCH3 is 2. The summed E-state index contributed by atoms with van der Waals surface area (Å²) in [6.07, 6.45) is 0.104. The molecule has 0 fully saturated rings. The van der Waals surface area contributed by atoms with Crippen molar-refractivity contribution in [2.24, 2.45) is 0 Å². The zero-order valence-electron chi connectivity index (χ0n) is 27.1. The molecule has 47 heavy (non-hydrogen) atoms. The van der Waals surface area contributed by atoms with E-state index in [1.54, 1.807) is 44.2 Å². The van der Waals surface area contributed by atoms with E-state index in [9.17, 15) is 18.0 Å².